The first-order chi connectivity index (χ1) is 8.60. The largest absolute Gasteiger partial charge is 0.481 e. The molecule has 0 radical (unpaired) electrons. The third-order valence-corrected chi connectivity index (χ3v) is 4.26. The Kier molecular flexibility index (Phi) is 4.09. The van der Waals surface area contributed by atoms with E-state index in [2.05, 4.69) is 12.2 Å². The summed E-state index contributed by atoms with van der Waals surface area (Å²) in [5, 5.41) is 11.9. The number of carbonyl (C=O) groups is 2. The van der Waals surface area contributed by atoms with E-state index >= 15 is 0 Å². The van der Waals surface area contributed by atoms with Gasteiger partial charge in [0.2, 0.25) is 0 Å². The highest BCUT2D eigenvalue weighted by molar-refractivity contribution is 5.75. The van der Waals surface area contributed by atoms with Crippen molar-refractivity contribution in [3.63, 3.8) is 0 Å². The molecule has 0 aromatic rings. The van der Waals surface area contributed by atoms with Crippen molar-refractivity contribution < 1.29 is 14.7 Å². The zero-order chi connectivity index (χ0) is 13.1. The van der Waals surface area contributed by atoms with Gasteiger partial charge in [0, 0.05) is 19.1 Å². The first kappa shape index (κ1) is 13.2. The van der Waals surface area contributed by atoms with Crippen LogP contribution in [0, 0.1) is 11.8 Å². The molecule has 1 saturated carbocycles. The van der Waals surface area contributed by atoms with Crippen molar-refractivity contribution in [1.29, 1.82) is 0 Å². The number of hydrogen-bond donors (Lipinski definition) is 2. The molecule has 2 fully saturated rings. The van der Waals surface area contributed by atoms with E-state index in [9.17, 15) is 9.59 Å². The standard InChI is InChI=1S/C13H22N2O3/c1-2-9-5-6-15(8-9)13(18)14-11-4-3-10(7-11)12(16)17/h9-11H,2-8H2,1H3,(H,14,18)(H,16,17)/t9?,10-,11+/m1/s1. The van der Waals surface area contributed by atoms with E-state index in [0.29, 0.717) is 18.8 Å². The molecular weight excluding hydrogens is 232 g/mol. The van der Waals surface area contributed by atoms with Gasteiger partial charge in [-0.15, -0.1) is 0 Å². The summed E-state index contributed by atoms with van der Waals surface area (Å²) < 4.78 is 0. The normalized spacial score (nSPS) is 31.6. The molecule has 5 nitrogen and oxygen atoms in total. The molecule has 1 unspecified atom stereocenters. The van der Waals surface area contributed by atoms with Crippen molar-refractivity contribution in [3.05, 3.63) is 0 Å². The molecule has 5 heteroatoms. The highest BCUT2D eigenvalue weighted by Crippen LogP contribution is 2.26. The minimum Gasteiger partial charge on any atom is -0.481 e. The molecule has 0 aromatic carbocycles. The van der Waals surface area contributed by atoms with Gasteiger partial charge in [-0.1, -0.05) is 13.3 Å². The van der Waals surface area contributed by atoms with Gasteiger partial charge < -0.3 is 15.3 Å². The Morgan fingerprint density at radius 1 is 1.33 bits per heavy atom. The van der Waals surface area contributed by atoms with Crippen molar-refractivity contribution in [2.75, 3.05) is 13.1 Å². The number of nitrogens with zero attached hydrogens (tertiary/aromatic N) is 1. The van der Waals surface area contributed by atoms with Crippen LogP contribution in [0.25, 0.3) is 0 Å². The van der Waals surface area contributed by atoms with Gasteiger partial charge in [0.05, 0.1) is 5.92 Å². The van der Waals surface area contributed by atoms with Crippen LogP contribution >= 0.6 is 0 Å². The summed E-state index contributed by atoms with van der Waals surface area (Å²) in [5.74, 6) is -0.387. The van der Waals surface area contributed by atoms with Crippen molar-refractivity contribution >= 4 is 12.0 Å². The molecular formula is C13H22N2O3. The number of carboxylic acid groups (broad SMARTS) is 1. The summed E-state index contributed by atoms with van der Waals surface area (Å²) in [6, 6.07) is 0.0289. The summed E-state index contributed by atoms with van der Waals surface area (Å²) in [4.78, 5) is 24.7. The van der Waals surface area contributed by atoms with Gasteiger partial charge in [0.15, 0.2) is 0 Å². The fourth-order valence-electron chi connectivity index (χ4n) is 2.95. The van der Waals surface area contributed by atoms with Gasteiger partial charge >= 0.3 is 12.0 Å². The third kappa shape index (κ3) is 2.94. The lowest BCUT2D eigenvalue weighted by Crippen LogP contribution is -2.43. The Morgan fingerprint density at radius 2 is 2.11 bits per heavy atom. The number of carbonyl (C=O) groups excluding carboxylic acids is 1. The maximum atomic E-state index is 12.0. The predicted octanol–water partition coefficient (Wildman–Crippen LogP) is 1.68. The molecule has 1 aliphatic carbocycles. The second-order valence-corrected chi connectivity index (χ2v) is 5.50. The van der Waals surface area contributed by atoms with E-state index in [0.717, 1.165) is 32.4 Å². The zero-order valence-corrected chi connectivity index (χ0v) is 10.9. The first-order valence-corrected chi connectivity index (χ1v) is 6.88. The quantitative estimate of drug-likeness (QED) is 0.805. The number of hydrogen-bond acceptors (Lipinski definition) is 2. The second kappa shape index (κ2) is 5.59. The molecule has 2 amide bonds. The second-order valence-electron chi connectivity index (χ2n) is 5.50. The molecule has 1 aliphatic heterocycles. The van der Waals surface area contributed by atoms with Crippen LogP contribution in [0.5, 0.6) is 0 Å². The number of amides is 2. The van der Waals surface area contributed by atoms with E-state index in [-0.39, 0.29) is 18.0 Å². The molecule has 0 spiro atoms. The Bertz CT molecular complexity index is 332. The Morgan fingerprint density at radius 3 is 2.67 bits per heavy atom. The number of aliphatic carboxylic acids is 1. The Labute approximate surface area is 108 Å². The maximum absolute atomic E-state index is 12.0. The number of rotatable bonds is 3. The topological polar surface area (TPSA) is 69.6 Å². The molecule has 102 valence electrons. The lowest BCUT2D eigenvalue weighted by atomic mass is 10.1. The fraction of sp³-hybridized carbons (Fsp3) is 0.846. The molecule has 3 atom stereocenters. The molecule has 2 rings (SSSR count). The molecule has 0 aromatic heterocycles. The van der Waals surface area contributed by atoms with Crippen LogP contribution in [0.3, 0.4) is 0 Å². The zero-order valence-electron chi connectivity index (χ0n) is 10.9. The first-order valence-electron chi connectivity index (χ1n) is 6.88. The summed E-state index contributed by atoms with van der Waals surface area (Å²) in [5.41, 5.74) is 0. The van der Waals surface area contributed by atoms with E-state index in [1.165, 1.54) is 0 Å². The van der Waals surface area contributed by atoms with Crippen molar-refractivity contribution in [2.24, 2.45) is 11.8 Å². The summed E-state index contributed by atoms with van der Waals surface area (Å²) in [6.07, 6.45) is 4.25. The monoisotopic (exact) mass is 254 g/mol. The van der Waals surface area contributed by atoms with Crippen LogP contribution in [0.1, 0.15) is 39.0 Å². The van der Waals surface area contributed by atoms with Gasteiger partial charge in [0.1, 0.15) is 0 Å². The van der Waals surface area contributed by atoms with Crippen LogP contribution in [0.4, 0.5) is 4.79 Å². The lowest BCUT2D eigenvalue weighted by molar-refractivity contribution is -0.141. The number of nitrogens with one attached hydrogen (secondary N) is 1. The van der Waals surface area contributed by atoms with Crippen LogP contribution in [-0.4, -0.2) is 41.1 Å². The SMILES string of the molecule is CCC1CCN(C(=O)N[C@H]2CC[C@@H](C(=O)O)C2)C1. The number of carboxylic acids is 1. The van der Waals surface area contributed by atoms with Crippen LogP contribution in [-0.2, 0) is 4.79 Å². The molecule has 0 bridgehead atoms. The minimum absolute atomic E-state index is 0.0120. The van der Waals surface area contributed by atoms with Crippen molar-refractivity contribution in [1.82, 2.24) is 10.2 Å². The van der Waals surface area contributed by atoms with Gasteiger partial charge in [-0.05, 0) is 31.6 Å². The smallest absolute Gasteiger partial charge is 0.317 e. The van der Waals surface area contributed by atoms with E-state index in [4.69, 9.17) is 5.11 Å². The highest BCUT2D eigenvalue weighted by Gasteiger charge is 2.32. The number of likely N-dealkylation sites (tertiary alicyclic amines) is 1. The fourth-order valence-corrected chi connectivity index (χ4v) is 2.95. The maximum Gasteiger partial charge on any atom is 0.317 e. The van der Waals surface area contributed by atoms with Crippen LogP contribution in [0.2, 0.25) is 0 Å². The Hall–Kier alpha value is -1.26. The molecule has 1 heterocycles. The summed E-state index contributed by atoms with van der Waals surface area (Å²) >= 11 is 0. The summed E-state index contributed by atoms with van der Waals surface area (Å²) in [6.45, 7) is 3.83. The van der Waals surface area contributed by atoms with E-state index in [1.807, 2.05) is 4.90 Å². The molecule has 18 heavy (non-hydrogen) atoms. The average molecular weight is 254 g/mol. The Balaban J connectivity index is 1.77. The molecule has 2 N–H and O–H groups in total. The predicted molar refractivity (Wildman–Crippen MR) is 67.3 cm³/mol. The average Bonchev–Trinajstić information content (AvgIpc) is 2.96. The van der Waals surface area contributed by atoms with Crippen LogP contribution in [0.15, 0.2) is 0 Å². The minimum atomic E-state index is -0.737. The van der Waals surface area contributed by atoms with E-state index < -0.39 is 5.97 Å². The number of urea groups is 1. The lowest BCUT2D eigenvalue weighted by Gasteiger charge is -2.20. The third-order valence-electron chi connectivity index (χ3n) is 4.26. The van der Waals surface area contributed by atoms with Crippen molar-refractivity contribution in [3.8, 4) is 0 Å². The van der Waals surface area contributed by atoms with Gasteiger partial charge in [-0.2, -0.15) is 0 Å². The highest BCUT2D eigenvalue weighted by atomic mass is 16.4. The van der Waals surface area contributed by atoms with E-state index in [1.54, 1.807) is 0 Å². The molecule has 1 saturated heterocycles. The van der Waals surface area contributed by atoms with Crippen LogP contribution < -0.4 is 5.32 Å². The van der Waals surface area contributed by atoms with Crippen molar-refractivity contribution in [2.45, 2.75) is 45.1 Å². The summed E-state index contributed by atoms with van der Waals surface area (Å²) in [7, 11) is 0. The molecule has 2 aliphatic rings. The van der Waals surface area contributed by atoms with Gasteiger partial charge in [0.25, 0.3) is 0 Å². The van der Waals surface area contributed by atoms with Gasteiger partial charge in [-0.3, -0.25) is 4.79 Å². The van der Waals surface area contributed by atoms with Gasteiger partial charge in [-0.25, -0.2) is 4.79 Å².